The van der Waals surface area contributed by atoms with E-state index in [-0.39, 0.29) is 48.0 Å². The van der Waals surface area contributed by atoms with Crippen molar-refractivity contribution >= 4 is 63.7 Å². The van der Waals surface area contributed by atoms with Crippen molar-refractivity contribution in [3.05, 3.63) is 22.3 Å². The predicted molar refractivity (Wildman–Crippen MR) is 132 cm³/mol. The van der Waals surface area contributed by atoms with E-state index in [9.17, 15) is 24.0 Å². The number of thiazole rings is 1. The Bertz CT molecular complexity index is 1170. The fourth-order valence-electron chi connectivity index (χ4n) is 3.27. The van der Waals surface area contributed by atoms with Gasteiger partial charge in [-0.1, -0.05) is 5.16 Å². The summed E-state index contributed by atoms with van der Waals surface area (Å²) in [5, 5.41) is 7.44. The van der Waals surface area contributed by atoms with Crippen LogP contribution in [0.25, 0.3) is 0 Å². The first kappa shape index (κ1) is 28.9. The minimum atomic E-state index is -1.03. The van der Waals surface area contributed by atoms with Gasteiger partial charge in [-0.25, -0.2) is 14.6 Å². The fraction of sp³-hybridized carbons (Fsp3) is 0.476. The number of amides is 2. The summed E-state index contributed by atoms with van der Waals surface area (Å²) < 4.78 is 19.3. The molecule has 2 amide bonds. The van der Waals surface area contributed by atoms with Crippen LogP contribution in [0.3, 0.4) is 0 Å². The highest BCUT2D eigenvalue weighted by Crippen LogP contribution is 2.40. The first-order valence-corrected chi connectivity index (χ1v) is 12.9. The third-order valence-corrected chi connectivity index (χ3v) is 6.91. The molecule has 3 rings (SSSR count). The zero-order chi connectivity index (χ0) is 27.8. The van der Waals surface area contributed by atoms with Gasteiger partial charge >= 0.3 is 17.9 Å². The van der Waals surface area contributed by atoms with Gasteiger partial charge in [0.05, 0.1) is 0 Å². The van der Waals surface area contributed by atoms with E-state index in [2.05, 4.69) is 24.9 Å². The Morgan fingerprint density at radius 1 is 1.26 bits per heavy atom. The summed E-state index contributed by atoms with van der Waals surface area (Å²) in [7, 11) is 1.31. The first-order valence-electron chi connectivity index (χ1n) is 11.0. The Morgan fingerprint density at radius 3 is 2.66 bits per heavy atom. The molecule has 17 heteroatoms. The van der Waals surface area contributed by atoms with Crippen LogP contribution in [0, 0.1) is 0 Å². The third kappa shape index (κ3) is 6.78. The second-order valence-corrected chi connectivity index (χ2v) is 9.52. The summed E-state index contributed by atoms with van der Waals surface area (Å²) in [4.78, 5) is 72.3. The molecule has 206 valence electrons. The van der Waals surface area contributed by atoms with Gasteiger partial charge in [0, 0.05) is 30.7 Å². The standard InChI is InChI=1S/C21H25N5O10S2/c1-4-36-25-14(12-8-38-21(22)23-12)17(29)24-15-18(30)26-16(20(31)34-6-13(28)35-9-32-3)11(5-33-10(2)27)7-37-19(15)26/h8,15,19H,4-7,9H2,1-3H3,(H2,22,23)(H,24,29)/t15-,19-/m1/s1. The van der Waals surface area contributed by atoms with Gasteiger partial charge in [-0.2, -0.15) is 0 Å². The number of β-lactam (4-membered cyclic amide) rings is 1. The lowest BCUT2D eigenvalue weighted by Gasteiger charge is -2.49. The molecule has 2 aliphatic rings. The number of aromatic nitrogens is 1. The number of nitrogen functional groups attached to an aromatic ring is 1. The number of hydrogen-bond acceptors (Lipinski definition) is 15. The summed E-state index contributed by atoms with van der Waals surface area (Å²) >= 11 is 2.33. The first-order chi connectivity index (χ1) is 18.2. The van der Waals surface area contributed by atoms with E-state index in [1.807, 2.05) is 0 Å². The second-order valence-electron chi connectivity index (χ2n) is 7.52. The maximum atomic E-state index is 13.1. The van der Waals surface area contributed by atoms with Gasteiger partial charge in [0.2, 0.25) is 0 Å². The van der Waals surface area contributed by atoms with Crippen molar-refractivity contribution in [2.24, 2.45) is 5.16 Å². The van der Waals surface area contributed by atoms with Crippen LogP contribution in [-0.4, -0.2) is 96.2 Å². The highest BCUT2D eigenvalue weighted by molar-refractivity contribution is 8.00. The number of carbonyl (C=O) groups is 5. The number of fused-ring (bicyclic) bond motifs is 1. The quantitative estimate of drug-likeness (QED) is 0.0804. The number of anilines is 1. The van der Waals surface area contributed by atoms with Gasteiger partial charge in [0.1, 0.15) is 36.0 Å². The molecule has 0 unspecified atom stereocenters. The second kappa shape index (κ2) is 13.2. The van der Waals surface area contributed by atoms with Gasteiger partial charge in [-0.05, 0) is 6.92 Å². The number of nitrogens with zero attached hydrogens (tertiary/aromatic N) is 3. The molecular formula is C21H25N5O10S2. The molecule has 0 bridgehead atoms. The van der Waals surface area contributed by atoms with Crippen LogP contribution in [0.2, 0.25) is 0 Å². The average Bonchev–Trinajstić information content (AvgIpc) is 3.32. The molecular weight excluding hydrogens is 546 g/mol. The molecule has 0 spiro atoms. The van der Waals surface area contributed by atoms with Crippen molar-refractivity contribution in [2.75, 3.05) is 45.2 Å². The summed E-state index contributed by atoms with van der Waals surface area (Å²) in [5.74, 6) is -3.64. The monoisotopic (exact) mass is 571 g/mol. The highest BCUT2D eigenvalue weighted by Gasteiger charge is 2.55. The van der Waals surface area contributed by atoms with Gasteiger partial charge in [-0.15, -0.1) is 23.1 Å². The molecule has 2 aliphatic heterocycles. The minimum absolute atomic E-state index is 0.173. The number of ether oxygens (including phenoxy) is 4. The SMILES string of the molecule is CCON=C(C(=O)N[C@@H]1C(=O)N2C(C(=O)OCC(=O)OCOC)=C(COC(C)=O)CS[C@H]12)c1csc(N)n1. The molecule has 1 fully saturated rings. The summed E-state index contributed by atoms with van der Waals surface area (Å²) in [5.41, 5.74) is 5.78. The Labute approximate surface area is 224 Å². The number of methoxy groups -OCH3 is 1. The van der Waals surface area contributed by atoms with Crippen LogP contribution in [0.1, 0.15) is 19.5 Å². The number of esters is 3. The molecule has 0 saturated carbocycles. The maximum Gasteiger partial charge on any atom is 0.355 e. The maximum absolute atomic E-state index is 13.1. The van der Waals surface area contributed by atoms with Crippen LogP contribution in [-0.2, 0) is 47.8 Å². The molecule has 1 aromatic heterocycles. The van der Waals surface area contributed by atoms with Gasteiger partial charge in [0.25, 0.3) is 11.8 Å². The number of hydrogen-bond donors (Lipinski definition) is 2. The minimum Gasteiger partial charge on any atom is -0.461 e. The lowest BCUT2D eigenvalue weighted by Crippen LogP contribution is -2.71. The van der Waals surface area contributed by atoms with Gasteiger partial charge in [0.15, 0.2) is 24.2 Å². The summed E-state index contributed by atoms with van der Waals surface area (Å²) in [6.45, 7) is 1.72. The fourth-order valence-corrected chi connectivity index (χ4v) is 5.15. The van der Waals surface area contributed by atoms with Crippen LogP contribution < -0.4 is 11.1 Å². The molecule has 3 heterocycles. The van der Waals surface area contributed by atoms with E-state index < -0.39 is 47.7 Å². The van der Waals surface area contributed by atoms with E-state index in [1.54, 1.807) is 6.92 Å². The van der Waals surface area contributed by atoms with Crippen LogP contribution >= 0.6 is 23.1 Å². The van der Waals surface area contributed by atoms with E-state index in [0.29, 0.717) is 5.57 Å². The Hall–Kier alpha value is -3.70. The molecule has 0 radical (unpaired) electrons. The zero-order valence-corrected chi connectivity index (χ0v) is 22.2. The topological polar surface area (TPSA) is 198 Å². The molecule has 38 heavy (non-hydrogen) atoms. The Balaban J connectivity index is 1.77. The summed E-state index contributed by atoms with van der Waals surface area (Å²) in [6.07, 6.45) is 0. The van der Waals surface area contributed by atoms with Crippen molar-refractivity contribution in [3.8, 4) is 0 Å². The van der Waals surface area contributed by atoms with Gasteiger partial charge < -0.3 is 34.8 Å². The lowest BCUT2D eigenvalue weighted by atomic mass is 10.0. The van der Waals surface area contributed by atoms with E-state index >= 15 is 0 Å². The molecule has 1 saturated heterocycles. The van der Waals surface area contributed by atoms with E-state index in [0.717, 1.165) is 16.2 Å². The number of rotatable bonds is 12. The summed E-state index contributed by atoms with van der Waals surface area (Å²) in [6, 6.07) is -1.03. The Kier molecular flexibility index (Phi) is 10.0. The zero-order valence-electron chi connectivity index (χ0n) is 20.6. The van der Waals surface area contributed by atoms with Crippen molar-refractivity contribution in [3.63, 3.8) is 0 Å². The molecule has 0 aromatic carbocycles. The van der Waals surface area contributed by atoms with Crippen molar-refractivity contribution in [2.45, 2.75) is 25.3 Å². The number of thioether (sulfide) groups is 1. The highest BCUT2D eigenvalue weighted by atomic mass is 32.2. The lowest BCUT2D eigenvalue weighted by molar-refractivity contribution is -0.165. The van der Waals surface area contributed by atoms with Crippen molar-refractivity contribution in [1.29, 1.82) is 0 Å². The molecule has 3 N–H and O–H groups in total. The number of nitrogens with one attached hydrogen (secondary N) is 1. The normalized spacial score (nSPS) is 18.8. The van der Waals surface area contributed by atoms with Crippen LogP contribution in [0.4, 0.5) is 5.13 Å². The number of carbonyl (C=O) groups excluding carboxylic acids is 5. The van der Waals surface area contributed by atoms with Gasteiger partial charge in [-0.3, -0.25) is 19.3 Å². The van der Waals surface area contributed by atoms with Crippen LogP contribution in [0.5, 0.6) is 0 Å². The van der Waals surface area contributed by atoms with Crippen molar-refractivity contribution in [1.82, 2.24) is 15.2 Å². The predicted octanol–water partition coefficient (Wildman–Crippen LogP) is -0.627. The van der Waals surface area contributed by atoms with Crippen molar-refractivity contribution < 1.29 is 47.8 Å². The van der Waals surface area contributed by atoms with E-state index in [1.165, 1.54) is 31.2 Å². The number of oxime groups is 1. The largest absolute Gasteiger partial charge is 0.461 e. The molecule has 2 atom stereocenters. The van der Waals surface area contributed by atoms with Crippen LogP contribution in [0.15, 0.2) is 21.8 Å². The third-order valence-electron chi connectivity index (χ3n) is 4.90. The average molecular weight is 572 g/mol. The Morgan fingerprint density at radius 2 is 2.03 bits per heavy atom. The molecule has 1 aromatic rings. The number of nitrogens with two attached hydrogens (primary N) is 1. The van der Waals surface area contributed by atoms with E-state index in [4.69, 9.17) is 20.0 Å². The molecule has 0 aliphatic carbocycles. The molecule has 15 nitrogen and oxygen atoms in total. The smallest absolute Gasteiger partial charge is 0.355 e.